The van der Waals surface area contributed by atoms with Gasteiger partial charge in [-0.1, -0.05) is 6.07 Å². The van der Waals surface area contributed by atoms with Gasteiger partial charge in [-0.3, -0.25) is 0 Å². The Balaban J connectivity index is 1.86. The molecule has 1 atom stereocenters. The third kappa shape index (κ3) is 2.35. The molecular weight excluding hydrogens is 238 g/mol. The predicted octanol–water partition coefficient (Wildman–Crippen LogP) is 3.61. The number of fused-ring (bicyclic) bond motifs is 1. The normalized spacial score (nSPS) is 21.9. The number of hydrogen-bond acceptors (Lipinski definition) is 2. The van der Waals surface area contributed by atoms with Gasteiger partial charge in [-0.05, 0) is 44.9 Å². The predicted molar refractivity (Wildman–Crippen MR) is 76.7 cm³/mol. The first-order valence-electron chi connectivity index (χ1n) is 6.89. The second kappa shape index (κ2) is 4.57. The third-order valence-corrected chi connectivity index (χ3v) is 3.95. The van der Waals surface area contributed by atoms with Crippen LogP contribution in [0.25, 0.3) is 10.9 Å². The quantitative estimate of drug-likeness (QED) is 0.840. The molecule has 1 aromatic heterocycles. The van der Waals surface area contributed by atoms with E-state index in [1.54, 1.807) is 7.11 Å². The molecule has 3 heteroatoms. The van der Waals surface area contributed by atoms with Crippen molar-refractivity contribution in [3.63, 3.8) is 0 Å². The van der Waals surface area contributed by atoms with Crippen LogP contribution in [-0.4, -0.2) is 23.4 Å². The summed E-state index contributed by atoms with van der Waals surface area (Å²) < 4.78 is 13.7. The third-order valence-electron chi connectivity index (χ3n) is 3.95. The van der Waals surface area contributed by atoms with E-state index in [0.717, 1.165) is 25.1 Å². The van der Waals surface area contributed by atoms with Gasteiger partial charge in [0, 0.05) is 18.1 Å². The minimum atomic E-state index is 0.0330. The Kier molecular flexibility index (Phi) is 3.02. The Bertz CT molecular complexity index is 585. The van der Waals surface area contributed by atoms with E-state index in [4.69, 9.17) is 9.47 Å². The van der Waals surface area contributed by atoms with E-state index >= 15 is 0 Å². The summed E-state index contributed by atoms with van der Waals surface area (Å²) in [4.78, 5) is 0. The van der Waals surface area contributed by atoms with Gasteiger partial charge in [0.25, 0.3) is 0 Å². The van der Waals surface area contributed by atoms with Gasteiger partial charge in [0.05, 0.1) is 24.3 Å². The van der Waals surface area contributed by atoms with Crippen molar-refractivity contribution in [3.8, 4) is 5.75 Å². The second-order valence-electron chi connectivity index (χ2n) is 5.90. The molecule has 102 valence electrons. The van der Waals surface area contributed by atoms with Crippen molar-refractivity contribution in [3.05, 3.63) is 30.5 Å². The highest BCUT2D eigenvalue weighted by molar-refractivity contribution is 5.86. The number of methoxy groups -OCH3 is 1. The van der Waals surface area contributed by atoms with Crippen molar-refractivity contribution >= 4 is 10.9 Å². The first-order valence-corrected chi connectivity index (χ1v) is 6.89. The molecule has 2 heterocycles. The van der Waals surface area contributed by atoms with Crippen LogP contribution in [0.3, 0.4) is 0 Å². The zero-order valence-electron chi connectivity index (χ0n) is 11.8. The van der Waals surface area contributed by atoms with Crippen LogP contribution in [0.2, 0.25) is 0 Å². The summed E-state index contributed by atoms with van der Waals surface area (Å²) in [6.45, 7) is 5.26. The molecule has 0 spiro atoms. The zero-order valence-corrected chi connectivity index (χ0v) is 11.8. The lowest BCUT2D eigenvalue weighted by Gasteiger charge is -2.20. The van der Waals surface area contributed by atoms with Crippen LogP contribution in [0.4, 0.5) is 0 Å². The van der Waals surface area contributed by atoms with Gasteiger partial charge in [0.2, 0.25) is 0 Å². The average Bonchev–Trinajstić information content (AvgIpc) is 2.93. The van der Waals surface area contributed by atoms with E-state index in [0.29, 0.717) is 6.10 Å². The molecule has 3 rings (SSSR count). The summed E-state index contributed by atoms with van der Waals surface area (Å²) in [7, 11) is 1.72. The maximum Gasteiger partial charge on any atom is 0.128 e. The van der Waals surface area contributed by atoms with Gasteiger partial charge in [0.15, 0.2) is 0 Å². The number of hydrogen-bond donors (Lipinski definition) is 0. The van der Waals surface area contributed by atoms with Crippen molar-refractivity contribution < 1.29 is 9.47 Å². The summed E-state index contributed by atoms with van der Waals surface area (Å²) in [5, 5.41) is 1.17. The molecule has 0 amide bonds. The first kappa shape index (κ1) is 12.5. The first-order chi connectivity index (χ1) is 9.09. The van der Waals surface area contributed by atoms with Crippen LogP contribution in [0.1, 0.15) is 26.7 Å². The number of rotatable bonds is 3. The number of nitrogens with zero attached hydrogens (tertiary/aromatic N) is 1. The maximum atomic E-state index is 6.08. The fraction of sp³-hybridized carbons (Fsp3) is 0.500. The van der Waals surface area contributed by atoms with Crippen molar-refractivity contribution in [2.24, 2.45) is 0 Å². The van der Waals surface area contributed by atoms with E-state index in [9.17, 15) is 0 Å². The molecular formula is C16H21NO2. The van der Waals surface area contributed by atoms with Crippen molar-refractivity contribution in [1.29, 1.82) is 0 Å². The van der Waals surface area contributed by atoms with Crippen LogP contribution in [0.5, 0.6) is 5.75 Å². The van der Waals surface area contributed by atoms with Crippen LogP contribution in [0.15, 0.2) is 30.5 Å². The summed E-state index contributed by atoms with van der Waals surface area (Å²) in [6, 6.07) is 8.30. The molecule has 0 radical (unpaired) electrons. The van der Waals surface area contributed by atoms with Gasteiger partial charge >= 0.3 is 0 Å². The van der Waals surface area contributed by atoms with Gasteiger partial charge in [0.1, 0.15) is 5.75 Å². The molecule has 1 saturated heterocycles. The SMILES string of the molecule is COc1cccc2c1ccn2CC1CCC(C)(C)O1. The molecule has 2 aromatic rings. The van der Waals surface area contributed by atoms with E-state index in [-0.39, 0.29) is 5.60 Å². The fourth-order valence-corrected chi connectivity index (χ4v) is 2.96. The van der Waals surface area contributed by atoms with Crippen LogP contribution >= 0.6 is 0 Å². The summed E-state index contributed by atoms with van der Waals surface area (Å²) in [5.41, 5.74) is 1.25. The molecule has 1 aliphatic heterocycles. The molecule has 3 nitrogen and oxygen atoms in total. The summed E-state index contributed by atoms with van der Waals surface area (Å²) in [5.74, 6) is 0.934. The molecule has 0 saturated carbocycles. The summed E-state index contributed by atoms with van der Waals surface area (Å²) >= 11 is 0. The summed E-state index contributed by atoms with van der Waals surface area (Å²) in [6.07, 6.45) is 4.72. The molecule has 1 fully saturated rings. The average molecular weight is 259 g/mol. The van der Waals surface area contributed by atoms with Gasteiger partial charge in [-0.25, -0.2) is 0 Å². The van der Waals surface area contributed by atoms with Gasteiger partial charge in [-0.15, -0.1) is 0 Å². The standard InChI is InChI=1S/C16H21NO2/c1-16(2)9-7-12(19-16)11-17-10-8-13-14(17)5-4-6-15(13)18-3/h4-6,8,10,12H,7,9,11H2,1-3H3. The van der Waals surface area contributed by atoms with E-state index < -0.39 is 0 Å². The number of aromatic nitrogens is 1. The zero-order chi connectivity index (χ0) is 13.5. The lowest BCUT2D eigenvalue weighted by molar-refractivity contribution is -0.0212. The minimum Gasteiger partial charge on any atom is -0.496 e. The van der Waals surface area contributed by atoms with Crippen molar-refractivity contribution in [2.45, 2.75) is 44.9 Å². The number of benzene rings is 1. The van der Waals surface area contributed by atoms with E-state index in [2.05, 4.69) is 36.7 Å². The molecule has 0 bridgehead atoms. The van der Waals surface area contributed by atoms with Crippen molar-refractivity contribution in [1.82, 2.24) is 4.57 Å². The number of ether oxygens (including phenoxy) is 2. The molecule has 1 aromatic carbocycles. The molecule has 19 heavy (non-hydrogen) atoms. The molecule has 1 unspecified atom stereocenters. The topological polar surface area (TPSA) is 23.4 Å². The Labute approximate surface area is 114 Å². The van der Waals surface area contributed by atoms with Gasteiger partial charge < -0.3 is 14.0 Å². The fourth-order valence-electron chi connectivity index (χ4n) is 2.96. The highest BCUT2D eigenvalue weighted by Crippen LogP contribution is 2.32. The Hall–Kier alpha value is -1.48. The van der Waals surface area contributed by atoms with E-state index in [1.807, 2.05) is 12.1 Å². The van der Waals surface area contributed by atoms with E-state index in [1.165, 1.54) is 10.9 Å². The van der Waals surface area contributed by atoms with Crippen molar-refractivity contribution in [2.75, 3.05) is 7.11 Å². The molecule has 1 aliphatic rings. The smallest absolute Gasteiger partial charge is 0.128 e. The monoisotopic (exact) mass is 259 g/mol. The largest absolute Gasteiger partial charge is 0.496 e. The highest BCUT2D eigenvalue weighted by Gasteiger charge is 2.31. The lowest BCUT2D eigenvalue weighted by Crippen LogP contribution is -2.22. The highest BCUT2D eigenvalue weighted by atomic mass is 16.5. The van der Waals surface area contributed by atoms with Crippen LogP contribution in [-0.2, 0) is 11.3 Å². The van der Waals surface area contributed by atoms with Crippen LogP contribution < -0.4 is 4.74 Å². The molecule has 0 aliphatic carbocycles. The van der Waals surface area contributed by atoms with Crippen LogP contribution in [0, 0.1) is 0 Å². The minimum absolute atomic E-state index is 0.0330. The second-order valence-corrected chi connectivity index (χ2v) is 5.90. The Morgan fingerprint density at radius 2 is 2.21 bits per heavy atom. The Morgan fingerprint density at radius 1 is 1.37 bits per heavy atom. The molecule has 0 N–H and O–H groups in total. The maximum absolute atomic E-state index is 6.08. The Morgan fingerprint density at radius 3 is 2.89 bits per heavy atom. The lowest BCUT2D eigenvalue weighted by atomic mass is 10.1. The van der Waals surface area contributed by atoms with Gasteiger partial charge in [-0.2, -0.15) is 0 Å².